The number of nitrogens with zero attached hydrogens (tertiary/aromatic N) is 1. The van der Waals surface area contributed by atoms with Gasteiger partial charge in [-0.05, 0) is 31.5 Å². The lowest BCUT2D eigenvalue weighted by atomic mass is 10.1. The molecule has 0 radical (unpaired) electrons. The number of rotatable bonds is 2. The quantitative estimate of drug-likeness (QED) is 0.809. The number of nitrogens with one attached hydrogen (secondary N) is 1. The normalized spacial score (nSPS) is 23.9. The molecule has 1 aromatic rings. The minimum absolute atomic E-state index is 0.0131. The molecule has 1 aliphatic heterocycles. The van der Waals surface area contributed by atoms with Gasteiger partial charge in [0, 0.05) is 19.1 Å². The number of piperazine rings is 1. The Morgan fingerprint density at radius 2 is 2.06 bits per heavy atom. The highest BCUT2D eigenvalue weighted by molar-refractivity contribution is 5.54. The van der Waals surface area contributed by atoms with Crippen molar-refractivity contribution in [1.29, 1.82) is 0 Å². The van der Waals surface area contributed by atoms with E-state index in [2.05, 4.69) is 12.2 Å². The van der Waals surface area contributed by atoms with Gasteiger partial charge in [0.05, 0.1) is 6.04 Å². The van der Waals surface area contributed by atoms with Crippen LogP contribution in [0.3, 0.4) is 0 Å². The Bertz CT molecular complexity index is 465. The number of benzene rings is 1. The molecule has 96 valence electrons. The van der Waals surface area contributed by atoms with Gasteiger partial charge in [0.25, 0.3) is 0 Å². The van der Waals surface area contributed by atoms with Crippen molar-refractivity contribution in [3.05, 3.63) is 41.3 Å². The van der Waals surface area contributed by atoms with Gasteiger partial charge >= 0.3 is 0 Å². The smallest absolute Gasteiger partial charge is 0.147 e. The van der Waals surface area contributed by atoms with Gasteiger partial charge < -0.3 is 10.2 Å². The minimum Gasteiger partial charge on any atom is -0.356 e. The Labute approximate surface area is 106 Å². The minimum atomic E-state index is -0.244. The van der Waals surface area contributed by atoms with Gasteiger partial charge in [-0.25, -0.2) is 9.18 Å². The molecule has 2 unspecified atom stereocenters. The molecule has 4 heteroatoms. The summed E-state index contributed by atoms with van der Waals surface area (Å²) in [4.78, 5) is 13.1. The predicted octanol–water partition coefficient (Wildman–Crippen LogP) is 1.72. The molecule has 0 aromatic heterocycles. The number of hydrogen-bond acceptors (Lipinski definition) is 3. The maximum Gasteiger partial charge on any atom is 0.147 e. The van der Waals surface area contributed by atoms with Crippen LogP contribution in [0.2, 0.25) is 0 Å². The van der Waals surface area contributed by atoms with Crippen LogP contribution in [0.4, 0.5) is 4.39 Å². The molecule has 0 amide bonds. The summed E-state index contributed by atoms with van der Waals surface area (Å²) >= 11 is 0. The average Bonchev–Trinajstić information content (AvgIpc) is 2.37. The average molecular weight is 248 g/mol. The van der Waals surface area contributed by atoms with Crippen molar-refractivity contribution >= 4 is 5.94 Å². The highest BCUT2D eigenvalue weighted by atomic mass is 19.1. The van der Waals surface area contributed by atoms with E-state index in [1.54, 1.807) is 12.1 Å². The second kappa shape index (κ2) is 5.34. The summed E-state index contributed by atoms with van der Waals surface area (Å²) in [5.74, 6) is 1.78. The molecule has 2 atom stereocenters. The van der Waals surface area contributed by atoms with E-state index in [4.69, 9.17) is 0 Å². The van der Waals surface area contributed by atoms with Gasteiger partial charge in [0.15, 0.2) is 0 Å². The first-order chi connectivity index (χ1) is 8.61. The Kier molecular flexibility index (Phi) is 3.80. The van der Waals surface area contributed by atoms with Gasteiger partial charge in [-0.1, -0.05) is 12.1 Å². The fourth-order valence-electron chi connectivity index (χ4n) is 2.21. The fraction of sp³-hybridized carbons (Fsp3) is 0.429. The lowest BCUT2D eigenvalue weighted by Crippen LogP contribution is -2.52. The van der Waals surface area contributed by atoms with Crippen LogP contribution in [0.1, 0.15) is 19.4 Å². The van der Waals surface area contributed by atoms with Crippen LogP contribution >= 0.6 is 0 Å². The van der Waals surface area contributed by atoms with E-state index in [-0.39, 0.29) is 17.9 Å². The largest absolute Gasteiger partial charge is 0.356 e. The molecular formula is C14H17FN2O. The molecule has 0 aliphatic carbocycles. The maximum atomic E-state index is 12.9. The summed E-state index contributed by atoms with van der Waals surface area (Å²) in [5.41, 5.74) is 1.63. The first-order valence-corrected chi connectivity index (χ1v) is 6.11. The summed E-state index contributed by atoms with van der Waals surface area (Å²) in [7, 11) is 0. The molecule has 1 saturated heterocycles. The summed E-state index contributed by atoms with van der Waals surface area (Å²) < 4.78 is 12.9. The monoisotopic (exact) mass is 248 g/mol. The van der Waals surface area contributed by atoms with Crippen LogP contribution in [0, 0.1) is 5.82 Å². The highest BCUT2D eigenvalue weighted by Gasteiger charge is 2.27. The maximum absolute atomic E-state index is 12.9. The van der Waals surface area contributed by atoms with E-state index in [1.807, 2.05) is 17.8 Å². The second-order valence-corrected chi connectivity index (χ2v) is 4.72. The molecule has 18 heavy (non-hydrogen) atoms. The third-order valence-electron chi connectivity index (χ3n) is 3.34. The third-order valence-corrected chi connectivity index (χ3v) is 3.34. The van der Waals surface area contributed by atoms with Crippen molar-refractivity contribution in [2.75, 3.05) is 6.54 Å². The summed E-state index contributed by atoms with van der Waals surface area (Å²) in [6, 6.07) is 6.61. The number of halogens is 1. The Morgan fingerprint density at radius 3 is 2.67 bits per heavy atom. The second-order valence-electron chi connectivity index (χ2n) is 4.72. The first kappa shape index (κ1) is 12.8. The third kappa shape index (κ3) is 2.61. The molecule has 1 aliphatic rings. The van der Waals surface area contributed by atoms with Crippen molar-refractivity contribution in [1.82, 2.24) is 10.2 Å². The van der Waals surface area contributed by atoms with E-state index in [0.29, 0.717) is 12.2 Å². The van der Waals surface area contributed by atoms with Gasteiger partial charge in [-0.3, -0.25) is 0 Å². The van der Waals surface area contributed by atoms with Crippen molar-refractivity contribution in [2.24, 2.45) is 0 Å². The van der Waals surface area contributed by atoms with Crippen LogP contribution < -0.4 is 5.32 Å². The predicted molar refractivity (Wildman–Crippen MR) is 68.1 cm³/mol. The Morgan fingerprint density at radius 1 is 1.39 bits per heavy atom. The molecule has 1 aromatic carbocycles. The molecule has 0 saturated carbocycles. The zero-order valence-electron chi connectivity index (χ0n) is 10.6. The molecule has 3 nitrogen and oxygen atoms in total. The van der Waals surface area contributed by atoms with Crippen LogP contribution in [-0.4, -0.2) is 29.5 Å². The molecule has 0 bridgehead atoms. The lowest BCUT2D eigenvalue weighted by molar-refractivity contribution is 0.197. The van der Waals surface area contributed by atoms with Crippen LogP contribution in [0.5, 0.6) is 0 Å². The highest BCUT2D eigenvalue weighted by Crippen LogP contribution is 2.19. The molecular weight excluding hydrogens is 231 g/mol. The molecule has 0 spiro atoms. The van der Waals surface area contributed by atoms with Gasteiger partial charge in [0.2, 0.25) is 0 Å². The molecule has 2 rings (SSSR count). The van der Waals surface area contributed by atoms with E-state index in [9.17, 15) is 9.18 Å². The Hall–Kier alpha value is -1.64. The lowest BCUT2D eigenvalue weighted by Gasteiger charge is -2.39. The van der Waals surface area contributed by atoms with E-state index in [1.165, 1.54) is 12.1 Å². The van der Waals surface area contributed by atoms with Gasteiger partial charge in [-0.2, -0.15) is 0 Å². The standard InChI is InChI=1S/C14H17FN2O/c1-10-7-16-11(2)14(9-18)17(10)8-12-3-5-13(15)6-4-12/h3-6,10-11,16H,7-8H2,1-2H3. The van der Waals surface area contributed by atoms with Crippen LogP contribution in [0.25, 0.3) is 0 Å². The Balaban J connectivity index is 2.19. The summed E-state index contributed by atoms with van der Waals surface area (Å²) in [6.07, 6.45) is 0. The van der Waals surface area contributed by atoms with Crippen molar-refractivity contribution in [2.45, 2.75) is 32.5 Å². The molecule has 1 fully saturated rings. The van der Waals surface area contributed by atoms with E-state index < -0.39 is 0 Å². The topological polar surface area (TPSA) is 32.3 Å². The van der Waals surface area contributed by atoms with Crippen LogP contribution in [0.15, 0.2) is 30.0 Å². The number of carbonyl (C=O) groups excluding carboxylic acids is 1. The van der Waals surface area contributed by atoms with Crippen LogP contribution in [-0.2, 0) is 11.3 Å². The van der Waals surface area contributed by atoms with Crippen molar-refractivity contribution in [3.63, 3.8) is 0 Å². The number of hydrogen-bond donors (Lipinski definition) is 1. The van der Waals surface area contributed by atoms with E-state index in [0.717, 1.165) is 12.1 Å². The summed E-state index contributed by atoms with van der Waals surface area (Å²) in [6.45, 7) is 5.44. The molecule has 1 N–H and O–H groups in total. The van der Waals surface area contributed by atoms with E-state index >= 15 is 0 Å². The zero-order valence-corrected chi connectivity index (χ0v) is 10.6. The van der Waals surface area contributed by atoms with Gasteiger partial charge in [-0.15, -0.1) is 0 Å². The summed E-state index contributed by atoms with van der Waals surface area (Å²) in [5, 5.41) is 3.26. The first-order valence-electron chi connectivity index (χ1n) is 6.11. The van der Waals surface area contributed by atoms with Crippen molar-refractivity contribution in [3.8, 4) is 0 Å². The fourth-order valence-corrected chi connectivity index (χ4v) is 2.21. The van der Waals surface area contributed by atoms with Crippen molar-refractivity contribution < 1.29 is 9.18 Å². The zero-order chi connectivity index (χ0) is 13.1. The molecule has 1 heterocycles. The van der Waals surface area contributed by atoms with Gasteiger partial charge in [0.1, 0.15) is 17.5 Å². The SMILES string of the molecule is CC1NCC(C)N(Cc2ccc(F)cc2)C1=C=O.